The van der Waals surface area contributed by atoms with E-state index < -0.39 is 21.9 Å². The van der Waals surface area contributed by atoms with Crippen molar-refractivity contribution in [1.29, 1.82) is 0 Å². The highest BCUT2D eigenvalue weighted by Crippen LogP contribution is 2.21. The van der Waals surface area contributed by atoms with Crippen LogP contribution in [0.25, 0.3) is 0 Å². The highest BCUT2D eigenvalue weighted by Gasteiger charge is 2.25. The fourth-order valence-corrected chi connectivity index (χ4v) is 5.24. The Morgan fingerprint density at radius 3 is 2.41 bits per heavy atom. The van der Waals surface area contributed by atoms with E-state index >= 15 is 0 Å². The SMILES string of the molecule is Cc1cc(Cl)ccc1NC(=O)COC(=O)CCc1ccc(S(=O)(=O)N2CCCCC2)cc1. The van der Waals surface area contributed by atoms with E-state index in [1.54, 1.807) is 42.5 Å². The summed E-state index contributed by atoms with van der Waals surface area (Å²) in [5.74, 6) is -0.936. The molecule has 1 heterocycles. The third kappa shape index (κ3) is 6.54. The highest BCUT2D eigenvalue weighted by atomic mass is 35.5. The van der Waals surface area contributed by atoms with E-state index in [1.165, 1.54) is 4.31 Å². The summed E-state index contributed by atoms with van der Waals surface area (Å²) in [6.07, 6.45) is 3.31. The van der Waals surface area contributed by atoms with Gasteiger partial charge in [0.15, 0.2) is 6.61 Å². The molecule has 1 aliphatic heterocycles. The van der Waals surface area contributed by atoms with Gasteiger partial charge in [0.2, 0.25) is 10.0 Å². The van der Waals surface area contributed by atoms with Gasteiger partial charge in [-0.2, -0.15) is 4.31 Å². The average Bonchev–Trinajstić information content (AvgIpc) is 2.79. The highest BCUT2D eigenvalue weighted by molar-refractivity contribution is 7.89. The molecule has 1 saturated heterocycles. The van der Waals surface area contributed by atoms with Gasteiger partial charge in [-0.1, -0.05) is 30.2 Å². The molecule has 3 rings (SSSR count). The van der Waals surface area contributed by atoms with Gasteiger partial charge in [0.25, 0.3) is 5.91 Å². The predicted molar refractivity (Wildman–Crippen MR) is 123 cm³/mol. The lowest BCUT2D eigenvalue weighted by Crippen LogP contribution is -2.35. The van der Waals surface area contributed by atoms with Crippen molar-refractivity contribution in [3.63, 3.8) is 0 Å². The first-order valence-electron chi connectivity index (χ1n) is 10.6. The molecule has 0 saturated carbocycles. The molecule has 9 heteroatoms. The molecule has 0 atom stereocenters. The van der Waals surface area contributed by atoms with Crippen LogP contribution in [0.3, 0.4) is 0 Å². The Morgan fingerprint density at radius 2 is 1.75 bits per heavy atom. The normalized spacial score (nSPS) is 14.7. The van der Waals surface area contributed by atoms with E-state index in [0.29, 0.717) is 30.2 Å². The molecule has 1 fully saturated rings. The maximum atomic E-state index is 12.7. The maximum absolute atomic E-state index is 12.7. The number of anilines is 1. The molecule has 1 aliphatic rings. The summed E-state index contributed by atoms with van der Waals surface area (Å²) < 4.78 is 31.9. The number of amides is 1. The van der Waals surface area contributed by atoms with Crippen molar-refractivity contribution in [2.45, 2.75) is 43.9 Å². The number of nitrogens with one attached hydrogen (secondary N) is 1. The Balaban J connectivity index is 1.45. The Labute approximate surface area is 193 Å². The molecular weight excluding hydrogens is 452 g/mol. The second-order valence-electron chi connectivity index (χ2n) is 7.78. The van der Waals surface area contributed by atoms with E-state index in [9.17, 15) is 18.0 Å². The van der Waals surface area contributed by atoms with Crippen LogP contribution in [0.2, 0.25) is 5.02 Å². The van der Waals surface area contributed by atoms with Crippen LogP contribution in [0.1, 0.15) is 36.8 Å². The molecule has 32 heavy (non-hydrogen) atoms. The van der Waals surface area contributed by atoms with Gasteiger partial charge in [0, 0.05) is 30.2 Å². The van der Waals surface area contributed by atoms with Crippen LogP contribution in [-0.4, -0.2) is 44.3 Å². The van der Waals surface area contributed by atoms with Gasteiger partial charge >= 0.3 is 5.97 Å². The van der Waals surface area contributed by atoms with E-state index in [4.69, 9.17) is 16.3 Å². The fourth-order valence-electron chi connectivity index (χ4n) is 3.50. The molecule has 0 unspecified atom stereocenters. The number of piperidine rings is 1. The summed E-state index contributed by atoms with van der Waals surface area (Å²) in [6, 6.07) is 11.7. The lowest BCUT2D eigenvalue weighted by Gasteiger charge is -2.25. The number of nitrogens with zero attached hydrogens (tertiary/aromatic N) is 1. The van der Waals surface area contributed by atoms with Gasteiger partial charge in [-0.25, -0.2) is 8.42 Å². The van der Waals surface area contributed by atoms with Gasteiger partial charge in [-0.3, -0.25) is 9.59 Å². The third-order valence-corrected chi connectivity index (χ3v) is 7.47. The molecule has 2 aromatic rings. The Bertz CT molecular complexity index is 1060. The predicted octanol–water partition coefficient (Wildman–Crippen LogP) is 3.94. The van der Waals surface area contributed by atoms with Crippen LogP contribution in [0.5, 0.6) is 0 Å². The van der Waals surface area contributed by atoms with Crippen molar-refractivity contribution in [2.24, 2.45) is 0 Å². The van der Waals surface area contributed by atoms with E-state index in [2.05, 4.69) is 5.32 Å². The monoisotopic (exact) mass is 478 g/mol. The molecular formula is C23H27ClN2O5S. The van der Waals surface area contributed by atoms with Gasteiger partial charge in [-0.15, -0.1) is 0 Å². The summed E-state index contributed by atoms with van der Waals surface area (Å²) in [6.45, 7) is 2.55. The van der Waals surface area contributed by atoms with E-state index in [-0.39, 0.29) is 17.9 Å². The van der Waals surface area contributed by atoms with Gasteiger partial charge in [-0.05, 0) is 67.6 Å². The first-order chi connectivity index (χ1) is 15.3. The first kappa shape index (κ1) is 24.2. The Morgan fingerprint density at radius 1 is 1.06 bits per heavy atom. The van der Waals surface area contributed by atoms with Crippen LogP contribution in [0.15, 0.2) is 47.4 Å². The van der Waals surface area contributed by atoms with Gasteiger partial charge in [0.05, 0.1) is 4.90 Å². The molecule has 0 spiro atoms. The molecule has 0 aromatic heterocycles. The topological polar surface area (TPSA) is 92.8 Å². The van der Waals surface area contributed by atoms with Crippen LogP contribution in [0.4, 0.5) is 5.69 Å². The summed E-state index contributed by atoms with van der Waals surface area (Å²) in [5.41, 5.74) is 2.23. The Kier molecular flexibility index (Phi) is 8.28. The van der Waals surface area contributed by atoms with Crippen molar-refractivity contribution >= 4 is 39.2 Å². The minimum absolute atomic E-state index is 0.0888. The molecule has 1 N–H and O–H groups in total. The van der Waals surface area contributed by atoms with Crippen LogP contribution < -0.4 is 5.32 Å². The minimum atomic E-state index is -3.47. The van der Waals surface area contributed by atoms with Crippen LogP contribution in [-0.2, 0) is 30.8 Å². The molecule has 172 valence electrons. The number of sulfonamides is 1. The number of esters is 1. The summed E-state index contributed by atoms with van der Waals surface area (Å²) in [5, 5.41) is 3.25. The maximum Gasteiger partial charge on any atom is 0.306 e. The number of carbonyl (C=O) groups is 2. The standard InChI is InChI=1S/C23H27ClN2O5S/c1-17-15-19(24)8-11-21(17)25-22(27)16-31-23(28)12-7-18-5-9-20(10-6-18)32(29,30)26-13-3-2-4-14-26/h5-6,8-11,15H,2-4,7,12-14,16H2,1H3,(H,25,27). The number of hydrogen-bond donors (Lipinski definition) is 1. The van der Waals surface area contributed by atoms with Crippen LogP contribution in [0, 0.1) is 6.92 Å². The van der Waals surface area contributed by atoms with Crippen molar-refractivity contribution in [1.82, 2.24) is 4.31 Å². The van der Waals surface area contributed by atoms with E-state index in [1.807, 2.05) is 6.92 Å². The van der Waals surface area contributed by atoms with Crippen LogP contribution >= 0.6 is 11.6 Å². The van der Waals surface area contributed by atoms with Crippen molar-refractivity contribution < 1.29 is 22.7 Å². The average molecular weight is 479 g/mol. The van der Waals surface area contributed by atoms with Crippen molar-refractivity contribution in [3.8, 4) is 0 Å². The molecule has 2 aromatic carbocycles. The summed E-state index contributed by atoms with van der Waals surface area (Å²) in [7, 11) is -3.47. The number of carbonyl (C=O) groups excluding carboxylic acids is 2. The van der Waals surface area contributed by atoms with Gasteiger partial charge in [0.1, 0.15) is 0 Å². The second kappa shape index (κ2) is 10.9. The number of halogens is 1. The summed E-state index contributed by atoms with van der Waals surface area (Å²) >= 11 is 5.89. The molecule has 7 nitrogen and oxygen atoms in total. The number of aryl methyl sites for hydroxylation is 2. The number of rotatable bonds is 8. The lowest BCUT2D eigenvalue weighted by atomic mass is 10.1. The first-order valence-corrected chi connectivity index (χ1v) is 12.4. The van der Waals surface area contributed by atoms with Gasteiger partial charge < -0.3 is 10.1 Å². The number of ether oxygens (including phenoxy) is 1. The third-order valence-electron chi connectivity index (χ3n) is 5.32. The van der Waals surface area contributed by atoms with Crippen molar-refractivity contribution in [2.75, 3.05) is 25.0 Å². The summed E-state index contributed by atoms with van der Waals surface area (Å²) in [4.78, 5) is 24.3. The largest absolute Gasteiger partial charge is 0.456 e. The molecule has 0 aliphatic carbocycles. The zero-order valence-corrected chi connectivity index (χ0v) is 19.5. The molecule has 0 radical (unpaired) electrons. The second-order valence-corrected chi connectivity index (χ2v) is 10.2. The Hall–Kier alpha value is -2.42. The fraction of sp³-hybridized carbons (Fsp3) is 0.391. The number of hydrogen-bond acceptors (Lipinski definition) is 5. The molecule has 0 bridgehead atoms. The van der Waals surface area contributed by atoms with E-state index in [0.717, 1.165) is 30.4 Å². The molecule has 1 amide bonds. The number of benzene rings is 2. The zero-order valence-electron chi connectivity index (χ0n) is 18.0. The quantitative estimate of drug-likeness (QED) is 0.580. The minimum Gasteiger partial charge on any atom is -0.456 e. The lowest BCUT2D eigenvalue weighted by molar-refractivity contribution is -0.147. The zero-order chi connectivity index (χ0) is 23.1. The van der Waals surface area contributed by atoms with Crippen molar-refractivity contribution in [3.05, 3.63) is 58.6 Å². The smallest absolute Gasteiger partial charge is 0.306 e.